The number of carboxylic acid groups (broad SMARTS) is 1. The molecule has 0 radical (unpaired) electrons. The molecular formula is C26H25NO4. The average molecular weight is 415 g/mol. The Bertz CT molecular complexity index is 1090. The van der Waals surface area contributed by atoms with Crippen LogP contribution in [0.15, 0.2) is 66.7 Å². The van der Waals surface area contributed by atoms with Gasteiger partial charge >= 0.3 is 12.1 Å². The highest BCUT2D eigenvalue weighted by Crippen LogP contribution is 2.44. The number of amides is 1. The van der Waals surface area contributed by atoms with Gasteiger partial charge in [0.25, 0.3) is 0 Å². The van der Waals surface area contributed by atoms with Crippen molar-refractivity contribution in [1.29, 1.82) is 0 Å². The van der Waals surface area contributed by atoms with E-state index in [0.29, 0.717) is 0 Å². The lowest BCUT2D eigenvalue weighted by atomic mass is 9.98. The first-order chi connectivity index (χ1) is 14.9. The number of carbonyl (C=O) groups excluding carboxylic acids is 1. The monoisotopic (exact) mass is 415 g/mol. The van der Waals surface area contributed by atoms with E-state index in [1.165, 1.54) is 0 Å². The van der Waals surface area contributed by atoms with Crippen molar-refractivity contribution in [2.24, 2.45) is 0 Å². The van der Waals surface area contributed by atoms with E-state index in [0.717, 1.165) is 38.9 Å². The van der Waals surface area contributed by atoms with Crippen LogP contribution >= 0.6 is 0 Å². The summed E-state index contributed by atoms with van der Waals surface area (Å²) >= 11 is 0. The summed E-state index contributed by atoms with van der Waals surface area (Å²) in [5, 5.41) is 12.1. The molecule has 31 heavy (non-hydrogen) atoms. The van der Waals surface area contributed by atoms with Gasteiger partial charge in [0, 0.05) is 5.92 Å². The van der Waals surface area contributed by atoms with E-state index < -0.39 is 18.1 Å². The second-order valence-corrected chi connectivity index (χ2v) is 7.96. The van der Waals surface area contributed by atoms with Crippen LogP contribution in [0.25, 0.3) is 11.1 Å². The number of ether oxygens (including phenoxy) is 1. The summed E-state index contributed by atoms with van der Waals surface area (Å²) in [6.07, 6.45) is -0.835. The Hall–Kier alpha value is -3.60. The molecule has 1 unspecified atom stereocenters. The third-order valence-corrected chi connectivity index (χ3v) is 5.95. The Labute approximate surface area is 181 Å². The first-order valence-corrected chi connectivity index (χ1v) is 10.3. The molecule has 3 aromatic rings. The van der Waals surface area contributed by atoms with Crippen LogP contribution in [0.3, 0.4) is 0 Å². The second-order valence-electron chi connectivity index (χ2n) is 7.96. The van der Waals surface area contributed by atoms with Crippen LogP contribution < -0.4 is 5.32 Å². The normalized spacial score (nSPS) is 13.2. The van der Waals surface area contributed by atoms with E-state index in [1.54, 1.807) is 0 Å². The summed E-state index contributed by atoms with van der Waals surface area (Å²) in [5.41, 5.74) is 7.48. The molecule has 1 aliphatic rings. The van der Waals surface area contributed by atoms with Crippen LogP contribution in [0.2, 0.25) is 0 Å². The molecule has 4 rings (SSSR count). The number of carboxylic acids is 1. The summed E-state index contributed by atoms with van der Waals surface area (Å²) in [7, 11) is 0. The molecule has 0 aliphatic heterocycles. The molecule has 0 spiro atoms. The standard InChI is InChI=1S/C26H25NO4/c1-16-11-12-18(13-17(16)2)24(14-25(28)29)27-26(30)31-15-23-21-9-5-3-7-19(21)20-8-4-6-10-22(20)23/h3-13,23-24H,14-15H2,1-2H3,(H,27,30)(H,28,29). The molecule has 2 N–H and O–H groups in total. The first-order valence-electron chi connectivity index (χ1n) is 10.3. The average Bonchev–Trinajstić information content (AvgIpc) is 3.07. The predicted molar refractivity (Wildman–Crippen MR) is 119 cm³/mol. The molecule has 0 bridgehead atoms. The van der Waals surface area contributed by atoms with Crippen molar-refractivity contribution in [3.63, 3.8) is 0 Å². The van der Waals surface area contributed by atoms with Crippen LogP contribution in [-0.4, -0.2) is 23.8 Å². The fourth-order valence-electron chi connectivity index (χ4n) is 4.19. The smallest absolute Gasteiger partial charge is 0.407 e. The fraction of sp³-hybridized carbons (Fsp3) is 0.231. The van der Waals surface area contributed by atoms with Gasteiger partial charge < -0.3 is 15.2 Å². The Balaban J connectivity index is 1.49. The molecule has 0 saturated carbocycles. The van der Waals surface area contributed by atoms with Gasteiger partial charge in [-0.25, -0.2) is 4.79 Å². The molecule has 1 amide bonds. The van der Waals surface area contributed by atoms with Crippen molar-refractivity contribution < 1.29 is 19.4 Å². The van der Waals surface area contributed by atoms with Gasteiger partial charge in [-0.2, -0.15) is 0 Å². The number of hydrogen-bond acceptors (Lipinski definition) is 3. The fourth-order valence-corrected chi connectivity index (χ4v) is 4.19. The van der Waals surface area contributed by atoms with E-state index >= 15 is 0 Å². The Morgan fingerprint density at radius 3 is 2.13 bits per heavy atom. The van der Waals surface area contributed by atoms with Gasteiger partial charge in [-0.1, -0.05) is 66.7 Å². The van der Waals surface area contributed by atoms with E-state index in [1.807, 2.05) is 56.3 Å². The molecular weight excluding hydrogens is 390 g/mol. The lowest BCUT2D eigenvalue weighted by Crippen LogP contribution is -2.31. The number of carbonyl (C=O) groups is 2. The van der Waals surface area contributed by atoms with Crippen molar-refractivity contribution in [3.8, 4) is 11.1 Å². The Morgan fingerprint density at radius 2 is 1.55 bits per heavy atom. The van der Waals surface area contributed by atoms with E-state index in [9.17, 15) is 14.7 Å². The number of hydrogen-bond donors (Lipinski definition) is 2. The largest absolute Gasteiger partial charge is 0.481 e. The van der Waals surface area contributed by atoms with Gasteiger partial charge in [0.15, 0.2) is 0 Å². The number of nitrogens with one attached hydrogen (secondary N) is 1. The number of fused-ring (bicyclic) bond motifs is 3. The number of aliphatic carboxylic acids is 1. The number of benzene rings is 3. The summed E-state index contributed by atoms with van der Waals surface area (Å²) in [5.74, 6) is -1.03. The van der Waals surface area contributed by atoms with Gasteiger partial charge in [-0.3, -0.25) is 4.79 Å². The van der Waals surface area contributed by atoms with Gasteiger partial charge in [-0.15, -0.1) is 0 Å². The number of aryl methyl sites for hydroxylation is 2. The molecule has 5 nitrogen and oxygen atoms in total. The van der Waals surface area contributed by atoms with Crippen molar-refractivity contribution in [2.75, 3.05) is 6.61 Å². The zero-order chi connectivity index (χ0) is 22.0. The molecule has 158 valence electrons. The Kier molecular flexibility index (Phi) is 5.76. The summed E-state index contributed by atoms with van der Waals surface area (Å²) in [4.78, 5) is 24.0. The highest BCUT2D eigenvalue weighted by atomic mass is 16.5. The van der Waals surface area contributed by atoms with Crippen molar-refractivity contribution in [3.05, 3.63) is 94.5 Å². The molecule has 0 saturated heterocycles. The summed E-state index contributed by atoms with van der Waals surface area (Å²) in [6.45, 7) is 4.14. The maximum atomic E-state index is 12.6. The minimum Gasteiger partial charge on any atom is -0.481 e. The highest BCUT2D eigenvalue weighted by molar-refractivity contribution is 5.79. The third-order valence-electron chi connectivity index (χ3n) is 5.95. The van der Waals surface area contributed by atoms with Crippen molar-refractivity contribution in [1.82, 2.24) is 5.32 Å². The van der Waals surface area contributed by atoms with Gasteiger partial charge in [0.05, 0.1) is 12.5 Å². The number of alkyl carbamates (subject to hydrolysis) is 1. The van der Waals surface area contributed by atoms with Gasteiger partial charge in [0.1, 0.15) is 6.61 Å². The first kappa shape index (κ1) is 20.7. The summed E-state index contributed by atoms with van der Waals surface area (Å²) < 4.78 is 5.58. The molecule has 1 atom stereocenters. The lowest BCUT2D eigenvalue weighted by Gasteiger charge is -2.20. The zero-order valence-corrected chi connectivity index (χ0v) is 17.6. The van der Waals surface area contributed by atoms with Crippen LogP contribution in [0.5, 0.6) is 0 Å². The maximum Gasteiger partial charge on any atom is 0.407 e. The quantitative estimate of drug-likeness (QED) is 0.568. The minimum atomic E-state index is -0.984. The van der Waals surface area contributed by atoms with Gasteiger partial charge in [0.2, 0.25) is 0 Å². The third kappa shape index (κ3) is 4.31. The predicted octanol–water partition coefficient (Wildman–Crippen LogP) is 5.36. The number of rotatable bonds is 6. The lowest BCUT2D eigenvalue weighted by molar-refractivity contribution is -0.137. The van der Waals surface area contributed by atoms with Crippen molar-refractivity contribution in [2.45, 2.75) is 32.2 Å². The molecule has 0 aromatic heterocycles. The molecule has 0 heterocycles. The van der Waals surface area contributed by atoms with Crippen LogP contribution in [0.1, 0.15) is 46.2 Å². The van der Waals surface area contributed by atoms with Crippen LogP contribution in [0, 0.1) is 13.8 Å². The van der Waals surface area contributed by atoms with E-state index in [-0.39, 0.29) is 18.9 Å². The molecule has 1 aliphatic carbocycles. The second kappa shape index (κ2) is 8.64. The summed E-state index contributed by atoms with van der Waals surface area (Å²) in [6, 6.07) is 21.3. The van der Waals surface area contributed by atoms with Crippen LogP contribution in [0.4, 0.5) is 4.79 Å². The van der Waals surface area contributed by atoms with Gasteiger partial charge in [-0.05, 0) is 52.8 Å². The minimum absolute atomic E-state index is 0.0438. The maximum absolute atomic E-state index is 12.6. The van der Waals surface area contributed by atoms with E-state index in [2.05, 4.69) is 29.6 Å². The topological polar surface area (TPSA) is 75.6 Å². The van der Waals surface area contributed by atoms with Crippen LogP contribution in [-0.2, 0) is 9.53 Å². The van der Waals surface area contributed by atoms with Crippen molar-refractivity contribution >= 4 is 12.1 Å². The SMILES string of the molecule is Cc1ccc(C(CC(=O)O)NC(=O)OCC2c3ccccc3-c3ccccc32)cc1C. The van der Waals surface area contributed by atoms with E-state index in [4.69, 9.17) is 4.74 Å². The molecule has 0 fully saturated rings. The molecule has 5 heteroatoms. The molecule has 3 aromatic carbocycles. The zero-order valence-electron chi connectivity index (χ0n) is 17.6. The highest BCUT2D eigenvalue weighted by Gasteiger charge is 2.29. The Morgan fingerprint density at radius 1 is 0.935 bits per heavy atom.